The summed E-state index contributed by atoms with van der Waals surface area (Å²) >= 11 is 1.18. The molecule has 0 spiro atoms. The van der Waals surface area contributed by atoms with Gasteiger partial charge in [0.15, 0.2) is 0 Å². The molecule has 25 heavy (non-hydrogen) atoms. The third-order valence-corrected chi connectivity index (χ3v) is 4.90. The van der Waals surface area contributed by atoms with Crippen LogP contribution in [0.2, 0.25) is 0 Å². The molecular formula is C19H11F2NO2S. The van der Waals surface area contributed by atoms with Crippen LogP contribution in [0.1, 0.15) is 0 Å². The topological polar surface area (TPSA) is 53.1 Å². The number of aromatic nitrogens is 1. The van der Waals surface area contributed by atoms with E-state index < -0.39 is 17.2 Å². The largest absolute Gasteiger partial charge is 0.506 e. The van der Waals surface area contributed by atoms with Gasteiger partial charge in [0.1, 0.15) is 22.2 Å². The number of fused-ring (bicyclic) bond motifs is 1. The number of pyridine rings is 1. The van der Waals surface area contributed by atoms with Crippen molar-refractivity contribution >= 4 is 21.6 Å². The number of halogens is 2. The molecule has 0 aliphatic carbocycles. The highest BCUT2D eigenvalue weighted by atomic mass is 32.1. The number of hydrogen-bond acceptors (Lipinski definition) is 3. The number of aromatic amines is 1. The lowest BCUT2D eigenvalue weighted by Crippen LogP contribution is -2.08. The lowest BCUT2D eigenvalue weighted by atomic mass is 10.0. The molecule has 0 saturated heterocycles. The number of nitrogens with one attached hydrogen (secondary N) is 1. The van der Waals surface area contributed by atoms with E-state index in [-0.39, 0.29) is 16.9 Å². The molecule has 124 valence electrons. The zero-order chi connectivity index (χ0) is 17.6. The lowest BCUT2D eigenvalue weighted by molar-refractivity contribution is 0.483. The summed E-state index contributed by atoms with van der Waals surface area (Å²) in [6, 6.07) is 12.0. The van der Waals surface area contributed by atoms with Gasteiger partial charge in [-0.25, -0.2) is 8.78 Å². The van der Waals surface area contributed by atoms with E-state index in [1.165, 1.54) is 17.4 Å². The normalized spacial score (nSPS) is 11.1. The minimum Gasteiger partial charge on any atom is -0.506 e. The number of benzene rings is 2. The van der Waals surface area contributed by atoms with Crippen LogP contribution in [0.3, 0.4) is 0 Å². The third-order valence-electron chi connectivity index (χ3n) is 4.00. The Labute approximate surface area is 144 Å². The van der Waals surface area contributed by atoms with Gasteiger partial charge < -0.3 is 10.1 Å². The number of aromatic hydroxyl groups is 1. The van der Waals surface area contributed by atoms with E-state index in [1.54, 1.807) is 35.7 Å². The predicted octanol–water partition coefficient (Wildman–Crippen LogP) is 4.91. The van der Waals surface area contributed by atoms with Crippen molar-refractivity contribution in [3.05, 3.63) is 75.9 Å². The Morgan fingerprint density at radius 2 is 1.76 bits per heavy atom. The van der Waals surface area contributed by atoms with Crippen molar-refractivity contribution in [1.29, 1.82) is 0 Å². The summed E-state index contributed by atoms with van der Waals surface area (Å²) < 4.78 is 27.4. The second kappa shape index (κ2) is 5.82. The number of rotatable bonds is 2. The molecule has 4 aromatic rings. The van der Waals surface area contributed by atoms with Gasteiger partial charge in [-0.2, -0.15) is 0 Å². The van der Waals surface area contributed by atoms with E-state index in [2.05, 4.69) is 4.98 Å². The van der Waals surface area contributed by atoms with E-state index in [9.17, 15) is 18.7 Å². The summed E-state index contributed by atoms with van der Waals surface area (Å²) in [7, 11) is 0. The molecule has 4 rings (SSSR count). The van der Waals surface area contributed by atoms with Crippen LogP contribution in [0, 0.1) is 11.6 Å². The molecule has 0 amide bonds. The van der Waals surface area contributed by atoms with Gasteiger partial charge >= 0.3 is 0 Å². The number of H-pyrrole nitrogens is 1. The number of hydrogen-bond donors (Lipinski definition) is 2. The third kappa shape index (κ3) is 2.51. The highest BCUT2D eigenvalue weighted by Crippen LogP contribution is 2.42. The van der Waals surface area contributed by atoms with Crippen molar-refractivity contribution in [3.63, 3.8) is 0 Å². The van der Waals surface area contributed by atoms with Gasteiger partial charge in [0, 0.05) is 22.6 Å². The highest BCUT2D eigenvalue weighted by Gasteiger charge is 2.20. The standard InChI is InChI=1S/C19H11F2NO2S/c20-11-6-7-12(14(21)8-11)13-9-25-19-16(13)17(23)15(18(24)22-19)10-4-2-1-3-5-10/h1-9H,(H2,22,23,24). The average Bonchev–Trinajstić information content (AvgIpc) is 2.99. The number of thiophene rings is 1. The van der Waals surface area contributed by atoms with Gasteiger partial charge in [-0.05, 0) is 17.7 Å². The summed E-state index contributed by atoms with van der Waals surface area (Å²) in [6.07, 6.45) is 0. The first-order valence-corrected chi connectivity index (χ1v) is 8.31. The fourth-order valence-corrected chi connectivity index (χ4v) is 3.82. The quantitative estimate of drug-likeness (QED) is 0.537. The van der Waals surface area contributed by atoms with Crippen molar-refractivity contribution in [2.45, 2.75) is 0 Å². The molecule has 0 radical (unpaired) electrons. The maximum atomic E-state index is 14.2. The van der Waals surface area contributed by atoms with Crippen LogP contribution in [-0.4, -0.2) is 10.1 Å². The highest BCUT2D eigenvalue weighted by molar-refractivity contribution is 7.17. The molecule has 0 saturated carbocycles. The summed E-state index contributed by atoms with van der Waals surface area (Å²) in [4.78, 5) is 15.5. The van der Waals surface area contributed by atoms with Crippen molar-refractivity contribution in [3.8, 4) is 28.0 Å². The molecule has 2 N–H and O–H groups in total. The second-order valence-electron chi connectivity index (χ2n) is 5.52. The zero-order valence-corrected chi connectivity index (χ0v) is 13.5. The first-order valence-electron chi connectivity index (χ1n) is 7.43. The van der Waals surface area contributed by atoms with Crippen LogP contribution in [0.4, 0.5) is 8.78 Å². The molecule has 3 nitrogen and oxygen atoms in total. The SMILES string of the molecule is O=c1[nH]c2scc(-c3ccc(F)cc3F)c2c(O)c1-c1ccccc1. The van der Waals surface area contributed by atoms with Crippen LogP contribution >= 0.6 is 11.3 Å². The van der Waals surface area contributed by atoms with Crippen LogP contribution in [0.15, 0.2) is 58.7 Å². The van der Waals surface area contributed by atoms with Crippen LogP contribution in [0.25, 0.3) is 32.5 Å². The van der Waals surface area contributed by atoms with E-state index in [4.69, 9.17) is 0 Å². The van der Waals surface area contributed by atoms with Crippen molar-refractivity contribution in [1.82, 2.24) is 4.98 Å². The molecule has 0 atom stereocenters. The summed E-state index contributed by atoms with van der Waals surface area (Å²) in [6.45, 7) is 0. The maximum absolute atomic E-state index is 14.2. The van der Waals surface area contributed by atoms with Crippen LogP contribution in [0.5, 0.6) is 5.75 Å². The molecule has 2 heterocycles. The minimum atomic E-state index is -0.730. The average molecular weight is 355 g/mol. The Kier molecular flexibility index (Phi) is 3.62. The molecular weight excluding hydrogens is 344 g/mol. The van der Waals surface area contributed by atoms with Crippen LogP contribution < -0.4 is 5.56 Å². The monoisotopic (exact) mass is 355 g/mol. The van der Waals surface area contributed by atoms with Crippen molar-refractivity contribution in [2.24, 2.45) is 0 Å². The minimum absolute atomic E-state index is 0.121. The summed E-state index contributed by atoms with van der Waals surface area (Å²) in [5, 5.41) is 12.7. The van der Waals surface area contributed by atoms with Crippen LogP contribution in [-0.2, 0) is 0 Å². The second-order valence-corrected chi connectivity index (χ2v) is 6.40. The smallest absolute Gasteiger partial charge is 0.260 e. The zero-order valence-electron chi connectivity index (χ0n) is 12.7. The first kappa shape index (κ1) is 15.5. The van der Waals surface area contributed by atoms with Gasteiger partial charge in [-0.15, -0.1) is 11.3 Å². The van der Waals surface area contributed by atoms with Gasteiger partial charge in [0.2, 0.25) is 0 Å². The van der Waals surface area contributed by atoms with Crippen molar-refractivity contribution < 1.29 is 13.9 Å². The van der Waals surface area contributed by atoms with E-state index in [1.807, 2.05) is 0 Å². The Morgan fingerprint density at radius 3 is 2.48 bits per heavy atom. The first-order chi connectivity index (χ1) is 12.1. The predicted molar refractivity (Wildman–Crippen MR) is 94.9 cm³/mol. The Hall–Kier alpha value is -2.99. The van der Waals surface area contributed by atoms with Gasteiger partial charge in [-0.3, -0.25) is 4.79 Å². The summed E-state index contributed by atoms with van der Waals surface area (Å²) in [5.74, 6) is -1.63. The van der Waals surface area contributed by atoms with Crippen molar-refractivity contribution in [2.75, 3.05) is 0 Å². The molecule has 0 aliphatic rings. The van der Waals surface area contributed by atoms with Gasteiger partial charge in [0.25, 0.3) is 5.56 Å². The fourth-order valence-electron chi connectivity index (χ4n) is 2.86. The Bertz CT molecular complexity index is 1150. The molecule has 0 bridgehead atoms. The van der Waals surface area contributed by atoms with E-state index in [0.29, 0.717) is 21.3 Å². The maximum Gasteiger partial charge on any atom is 0.260 e. The lowest BCUT2D eigenvalue weighted by Gasteiger charge is -2.08. The van der Waals surface area contributed by atoms with E-state index >= 15 is 0 Å². The molecule has 2 aromatic heterocycles. The Morgan fingerprint density at radius 1 is 1.00 bits per heavy atom. The molecule has 0 aliphatic heterocycles. The molecule has 6 heteroatoms. The summed E-state index contributed by atoms with van der Waals surface area (Å²) in [5.41, 5.74) is 0.816. The van der Waals surface area contributed by atoms with Gasteiger partial charge in [0.05, 0.1) is 10.9 Å². The fraction of sp³-hybridized carbons (Fsp3) is 0. The van der Waals surface area contributed by atoms with E-state index in [0.717, 1.165) is 12.1 Å². The molecule has 2 aromatic carbocycles. The molecule has 0 fully saturated rings. The molecule has 0 unspecified atom stereocenters. The Balaban J connectivity index is 2.05. The van der Waals surface area contributed by atoms with Gasteiger partial charge in [-0.1, -0.05) is 30.3 Å².